The molecule has 3 nitrogen and oxygen atoms in total. The molecule has 1 aromatic heterocycles. The summed E-state index contributed by atoms with van der Waals surface area (Å²) in [5, 5.41) is 5.85. The number of rotatable bonds is 2. The zero-order valence-electron chi connectivity index (χ0n) is 10.7. The highest BCUT2D eigenvalue weighted by molar-refractivity contribution is 5.83. The average Bonchev–Trinajstić information content (AvgIpc) is 2.95. The highest BCUT2D eigenvalue weighted by atomic mass is 15.3. The Morgan fingerprint density at radius 3 is 2.65 bits per heavy atom. The minimum Gasteiger partial charge on any atom is -0.321 e. The van der Waals surface area contributed by atoms with E-state index >= 15 is 0 Å². The van der Waals surface area contributed by atoms with Crippen LogP contribution in [0.3, 0.4) is 0 Å². The first-order valence-electron chi connectivity index (χ1n) is 6.29. The van der Waals surface area contributed by atoms with Gasteiger partial charge in [0.05, 0.1) is 11.2 Å². The van der Waals surface area contributed by atoms with Crippen molar-refractivity contribution in [3.05, 3.63) is 29.5 Å². The monoisotopic (exact) mass is 229 g/mol. The molecule has 17 heavy (non-hydrogen) atoms. The van der Waals surface area contributed by atoms with E-state index in [9.17, 15) is 0 Å². The first kappa shape index (κ1) is 10.8. The van der Waals surface area contributed by atoms with Gasteiger partial charge in [0.15, 0.2) is 0 Å². The molecule has 1 heterocycles. The van der Waals surface area contributed by atoms with Gasteiger partial charge in [0.2, 0.25) is 0 Å². The molecule has 0 radical (unpaired) electrons. The number of aryl methyl sites for hydroxylation is 1. The minimum atomic E-state index is -0.0550. The number of nitrogens with two attached hydrogens (primary N) is 1. The summed E-state index contributed by atoms with van der Waals surface area (Å²) in [6.45, 7) is 6.39. The number of hydrogen-bond donors (Lipinski definition) is 1. The quantitative estimate of drug-likeness (QED) is 0.860. The topological polar surface area (TPSA) is 43.8 Å². The van der Waals surface area contributed by atoms with Gasteiger partial charge in [0, 0.05) is 17.0 Å². The lowest BCUT2D eigenvalue weighted by Gasteiger charge is -2.10. The third-order valence-electron chi connectivity index (χ3n) is 3.74. The molecule has 0 bridgehead atoms. The van der Waals surface area contributed by atoms with E-state index in [0.29, 0.717) is 6.04 Å². The van der Waals surface area contributed by atoms with Crippen molar-refractivity contribution in [3.63, 3.8) is 0 Å². The van der Waals surface area contributed by atoms with Crippen molar-refractivity contribution in [1.29, 1.82) is 0 Å². The average molecular weight is 229 g/mol. The molecule has 1 saturated carbocycles. The van der Waals surface area contributed by atoms with Crippen molar-refractivity contribution in [1.82, 2.24) is 9.78 Å². The zero-order valence-corrected chi connectivity index (χ0v) is 10.7. The van der Waals surface area contributed by atoms with Crippen LogP contribution in [0, 0.1) is 6.92 Å². The lowest BCUT2D eigenvalue weighted by molar-refractivity contribution is 0.547. The summed E-state index contributed by atoms with van der Waals surface area (Å²) in [5.74, 6) is 0. The molecule has 2 aromatic rings. The molecule has 1 aliphatic rings. The predicted molar refractivity (Wildman–Crippen MR) is 70.0 cm³/mol. The van der Waals surface area contributed by atoms with Gasteiger partial charge < -0.3 is 5.73 Å². The molecule has 0 unspecified atom stereocenters. The van der Waals surface area contributed by atoms with E-state index in [1.807, 2.05) is 0 Å². The fourth-order valence-corrected chi connectivity index (χ4v) is 2.42. The van der Waals surface area contributed by atoms with E-state index in [1.165, 1.54) is 16.5 Å². The lowest BCUT2D eigenvalue weighted by atomic mass is 10.0. The van der Waals surface area contributed by atoms with Crippen LogP contribution in [0.4, 0.5) is 0 Å². The second-order valence-corrected chi connectivity index (χ2v) is 5.51. The Kier molecular flexibility index (Phi) is 2.11. The molecule has 90 valence electrons. The van der Waals surface area contributed by atoms with Gasteiger partial charge in [-0.3, -0.25) is 4.68 Å². The number of nitrogens with zero attached hydrogens (tertiary/aromatic N) is 2. The van der Waals surface area contributed by atoms with Gasteiger partial charge in [-0.05, 0) is 51.3 Å². The number of aromatic nitrogens is 2. The third-order valence-corrected chi connectivity index (χ3v) is 3.74. The van der Waals surface area contributed by atoms with Crippen molar-refractivity contribution >= 4 is 10.9 Å². The Labute approximate surface area is 102 Å². The summed E-state index contributed by atoms with van der Waals surface area (Å²) >= 11 is 0. The number of fused-ring (bicyclic) bond motifs is 1. The van der Waals surface area contributed by atoms with Crippen LogP contribution in [0.25, 0.3) is 10.9 Å². The summed E-state index contributed by atoms with van der Waals surface area (Å²) in [5.41, 5.74) is 9.76. The summed E-state index contributed by atoms with van der Waals surface area (Å²) in [6, 6.07) is 6.95. The van der Waals surface area contributed by atoms with Crippen LogP contribution in [-0.4, -0.2) is 9.78 Å². The van der Waals surface area contributed by atoms with Crippen LogP contribution in [-0.2, 0) is 5.54 Å². The SMILES string of the molecule is Cc1nn(C(C)C)c2ccc(C3(N)CC3)cc12. The van der Waals surface area contributed by atoms with Gasteiger partial charge in [0.1, 0.15) is 0 Å². The predicted octanol–water partition coefficient (Wildman–Crippen LogP) is 2.87. The van der Waals surface area contributed by atoms with Gasteiger partial charge in [-0.25, -0.2) is 0 Å². The van der Waals surface area contributed by atoms with Crippen LogP contribution in [0.1, 0.15) is 44.0 Å². The Balaban J connectivity index is 2.20. The minimum absolute atomic E-state index is 0.0550. The molecular formula is C14H19N3. The summed E-state index contributed by atoms with van der Waals surface area (Å²) in [6.07, 6.45) is 2.21. The summed E-state index contributed by atoms with van der Waals surface area (Å²) in [7, 11) is 0. The molecule has 0 spiro atoms. The van der Waals surface area contributed by atoms with Gasteiger partial charge >= 0.3 is 0 Å². The van der Waals surface area contributed by atoms with Crippen molar-refractivity contribution in [2.75, 3.05) is 0 Å². The summed E-state index contributed by atoms with van der Waals surface area (Å²) < 4.78 is 2.09. The fourth-order valence-electron chi connectivity index (χ4n) is 2.42. The van der Waals surface area contributed by atoms with Gasteiger partial charge in [-0.15, -0.1) is 0 Å². The van der Waals surface area contributed by atoms with Crippen LogP contribution < -0.4 is 5.73 Å². The van der Waals surface area contributed by atoms with Crippen molar-refractivity contribution in [2.24, 2.45) is 5.73 Å². The summed E-state index contributed by atoms with van der Waals surface area (Å²) in [4.78, 5) is 0. The zero-order chi connectivity index (χ0) is 12.2. The van der Waals surface area contributed by atoms with Crippen LogP contribution in [0.2, 0.25) is 0 Å². The first-order chi connectivity index (χ1) is 8.01. The molecule has 3 rings (SSSR count). The van der Waals surface area contributed by atoms with E-state index in [0.717, 1.165) is 18.5 Å². The molecule has 0 atom stereocenters. The van der Waals surface area contributed by atoms with Crippen molar-refractivity contribution < 1.29 is 0 Å². The molecular weight excluding hydrogens is 210 g/mol. The van der Waals surface area contributed by atoms with Gasteiger partial charge in [-0.2, -0.15) is 5.10 Å². The van der Waals surface area contributed by atoms with E-state index in [4.69, 9.17) is 5.73 Å². The second kappa shape index (κ2) is 3.33. The maximum absolute atomic E-state index is 6.25. The van der Waals surface area contributed by atoms with Crippen LogP contribution in [0.15, 0.2) is 18.2 Å². The normalized spacial score (nSPS) is 17.9. The molecule has 1 aromatic carbocycles. The number of hydrogen-bond acceptors (Lipinski definition) is 2. The Hall–Kier alpha value is -1.35. The fraction of sp³-hybridized carbons (Fsp3) is 0.500. The highest BCUT2D eigenvalue weighted by Gasteiger charge is 2.40. The van der Waals surface area contributed by atoms with Gasteiger partial charge in [0.25, 0.3) is 0 Å². The largest absolute Gasteiger partial charge is 0.321 e. The Bertz CT molecular complexity index is 576. The van der Waals surface area contributed by atoms with E-state index in [2.05, 4.69) is 48.8 Å². The van der Waals surface area contributed by atoms with E-state index in [-0.39, 0.29) is 5.54 Å². The third kappa shape index (κ3) is 1.57. The molecule has 0 aliphatic heterocycles. The molecule has 2 N–H and O–H groups in total. The maximum Gasteiger partial charge on any atom is 0.0688 e. The molecule has 1 fully saturated rings. The molecule has 3 heteroatoms. The Morgan fingerprint density at radius 2 is 2.06 bits per heavy atom. The number of benzene rings is 1. The van der Waals surface area contributed by atoms with Crippen molar-refractivity contribution in [3.8, 4) is 0 Å². The van der Waals surface area contributed by atoms with Crippen LogP contribution in [0.5, 0.6) is 0 Å². The maximum atomic E-state index is 6.25. The smallest absolute Gasteiger partial charge is 0.0688 e. The molecule has 0 saturated heterocycles. The van der Waals surface area contributed by atoms with Crippen LogP contribution >= 0.6 is 0 Å². The first-order valence-corrected chi connectivity index (χ1v) is 6.29. The van der Waals surface area contributed by atoms with E-state index in [1.54, 1.807) is 0 Å². The van der Waals surface area contributed by atoms with E-state index < -0.39 is 0 Å². The van der Waals surface area contributed by atoms with Gasteiger partial charge in [-0.1, -0.05) is 6.07 Å². The Morgan fingerprint density at radius 1 is 1.35 bits per heavy atom. The highest BCUT2D eigenvalue weighted by Crippen LogP contribution is 2.43. The second-order valence-electron chi connectivity index (χ2n) is 5.51. The molecule has 0 amide bonds. The lowest BCUT2D eigenvalue weighted by Crippen LogP contribution is -2.18. The van der Waals surface area contributed by atoms with Crippen molar-refractivity contribution in [2.45, 2.75) is 45.2 Å². The molecule has 1 aliphatic carbocycles. The standard InChI is InChI=1S/C14H19N3/c1-9(2)17-13-5-4-11(14(15)6-7-14)8-12(13)10(3)16-17/h4-5,8-9H,6-7,15H2,1-3H3.